The topological polar surface area (TPSA) is 95.6 Å². The Balaban J connectivity index is 1.61. The number of piperidine rings is 1. The van der Waals surface area contributed by atoms with Crippen molar-refractivity contribution in [2.75, 3.05) is 29.9 Å². The molecule has 2 aliphatic rings. The van der Waals surface area contributed by atoms with Crippen molar-refractivity contribution in [3.63, 3.8) is 0 Å². The summed E-state index contributed by atoms with van der Waals surface area (Å²) in [6, 6.07) is 4.46. The molecule has 0 spiro atoms. The lowest BCUT2D eigenvalue weighted by Gasteiger charge is -2.31. The number of rotatable bonds is 3. The fourth-order valence-electron chi connectivity index (χ4n) is 3.75. The van der Waals surface area contributed by atoms with Crippen molar-refractivity contribution in [3.05, 3.63) is 29.3 Å². The van der Waals surface area contributed by atoms with Gasteiger partial charge in [-0.2, -0.15) is 0 Å². The maximum absolute atomic E-state index is 12.7. The van der Waals surface area contributed by atoms with Crippen LogP contribution >= 0.6 is 0 Å². The molecule has 0 radical (unpaired) electrons. The molecule has 3 amide bonds. The van der Waals surface area contributed by atoms with Crippen molar-refractivity contribution in [3.8, 4) is 0 Å². The van der Waals surface area contributed by atoms with Gasteiger partial charge in [0.25, 0.3) is 5.91 Å². The molecule has 3 rings (SSSR count). The highest BCUT2D eigenvalue weighted by atomic mass is 32.2. The van der Waals surface area contributed by atoms with Gasteiger partial charge in [-0.05, 0) is 55.9 Å². The fourth-order valence-corrected chi connectivity index (χ4v) is 5.42. The number of benzene rings is 1. The largest absolute Gasteiger partial charge is 0.338 e. The molecule has 2 saturated heterocycles. The number of sulfone groups is 1. The minimum atomic E-state index is -3.04. The Hall–Kier alpha value is -2.09. The zero-order valence-corrected chi connectivity index (χ0v) is 16.6. The van der Waals surface area contributed by atoms with Crippen LogP contribution < -0.4 is 10.6 Å². The van der Waals surface area contributed by atoms with Gasteiger partial charge in [-0.25, -0.2) is 13.2 Å². The molecule has 2 fully saturated rings. The zero-order valence-electron chi connectivity index (χ0n) is 15.8. The van der Waals surface area contributed by atoms with Crippen LogP contribution in [0.1, 0.15) is 42.1 Å². The average molecular weight is 394 g/mol. The summed E-state index contributed by atoms with van der Waals surface area (Å²) < 4.78 is 23.0. The Morgan fingerprint density at radius 2 is 2.00 bits per heavy atom. The first-order chi connectivity index (χ1) is 12.7. The maximum Gasteiger partial charge on any atom is 0.319 e. The number of anilines is 1. The van der Waals surface area contributed by atoms with Crippen LogP contribution in [0.5, 0.6) is 0 Å². The Bertz CT molecular complexity index is 837. The van der Waals surface area contributed by atoms with E-state index in [0.717, 1.165) is 31.5 Å². The SMILES string of the molecule is Cc1cc(C(=O)N2CCCC(C)C2)ccc1NC(=O)NC1CCS(=O)(=O)C1. The predicted octanol–water partition coefficient (Wildman–Crippen LogP) is 2.18. The summed E-state index contributed by atoms with van der Waals surface area (Å²) >= 11 is 0. The van der Waals surface area contributed by atoms with Crippen LogP contribution in [0.2, 0.25) is 0 Å². The Kier molecular flexibility index (Phi) is 5.74. The third-order valence-corrected chi connectivity index (χ3v) is 7.00. The lowest BCUT2D eigenvalue weighted by molar-refractivity contribution is 0.0683. The number of nitrogens with one attached hydrogen (secondary N) is 2. The number of hydrogen-bond donors (Lipinski definition) is 2. The van der Waals surface area contributed by atoms with Gasteiger partial charge in [-0.1, -0.05) is 6.92 Å². The van der Waals surface area contributed by atoms with Crippen LogP contribution in [0.25, 0.3) is 0 Å². The molecule has 2 heterocycles. The Morgan fingerprint density at radius 1 is 1.22 bits per heavy atom. The van der Waals surface area contributed by atoms with Crippen LogP contribution in [0, 0.1) is 12.8 Å². The van der Waals surface area contributed by atoms with Gasteiger partial charge in [-0.15, -0.1) is 0 Å². The molecule has 2 N–H and O–H groups in total. The molecule has 8 heteroatoms. The van der Waals surface area contributed by atoms with Gasteiger partial charge in [0, 0.05) is 30.4 Å². The second-order valence-electron chi connectivity index (χ2n) is 7.73. The van der Waals surface area contributed by atoms with Gasteiger partial charge >= 0.3 is 6.03 Å². The predicted molar refractivity (Wildman–Crippen MR) is 105 cm³/mol. The van der Waals surface area contributed by atoms with Gasteiger partial charge in [0.1, 0.15) is 0 Å². The van der Waals surface area contributed by atoms with Gasteiger partial charge in [0.15, 0.2) is 9.84 Å². The highest BCUT2D eigenvalue weighted by molar-refractivity contribution is 7.91. The number of likely N-dealkylation sites (tertiary alicyclic amines) is 1. The monoisotopic (exact) mass is 393 g/mol. The maximum atomic E-state index is 12.7. The molecular weight excluding hydrogens is 366 g/mol. The van der Waals surface area contributed by atoms with E-state index in [-0.39, 0.29) is 23.5 Å². The molecule has 0 aliphatic carbocycles. The minimum Gasteiger partial charge on any atom is -0.338 e. The molecule has 7 nitrogen and oxygen atoms in total. The number of carbonyl (C=O) groups excluding carboxylic acids is 2. The first-order valence-electron chi connectivity index (χ1n) is 9.41. The van der Waals surface area contributed by atoms with Crippen LogP contribution in [0.15, 0.2) is 18.2 Å². The van der Waals surface area contributed by atoms with Gasteiger partial charge in [0.05, 0.1) is 11.5 Å². The van der Waals surface area contributed by atoms with Crippen LogP contribution in [0.4, 0.5) is 10.5 Å². The summed E-state index contributed by atoms with van der Waals surface area (Å²) in [5, 5.41) is 5.45. The van der Waals surface area contributed by atoms with Crippen LogP contribution in [-0.4, -0.2) is 55.9 Å². The molecule has 0 aromatic heterocycles. The van der Waals surface area contributed by atoms with Crippen molar-refractivity contribution in [1.29, 1.82) is 0 Å². The van der Waals surface area contributed by atoms with Crippen molar-refractivity contribution in [1.82, 2.24) is 10.2 Å². The normalized spacial score (nSPS) is 24.4. The van der Waals surface area contributed by atoms with E-state index in [1.165, 1.54) is 0 Å². The van der Waals surface area contributed by atoms with Crippen LogP contribution in [-0.2, 0) is 9.84 Å². The number of urea groups is 1. The highest BCUT2D eigenvalue weighted by Gasteiger charge is 2.29. The second-order valence-corrected chi connectivity index (χ2v) is 9.96. The van der Waals surface area contributed by atoms with E-state index in [1.54, 1.807) is 18.2 Å². The van der Waals surface area contributed by atoms with E-state index < -0.39 is 15.9 Å². The molecule has 1 aromatic rings. The Morgan fingerprint density at radius 3 is 2.63 bits per heavy atom. The second kappa shape index (κ2) is 7.88. The zero-order chi connectivity index (χ0) is 19.6. The number of aryl methyl sites for hydroxylation is 1. The summed E-state index contributed by atoms with van der Waals surface area (Å²) in [6.45, 7) is 5.57. The first-order valence-corrected chi connectivity index (χ1v) is 11.2. The van der Waals surface area contributed by atoms with Gasteiger partial charge in [0.2, 0.25) is 0 Å². The molecule has 0 saturated carbocycles. The first kappa shape index (κ1) is 19.7. The van der Waals surface area contributed by atoms with Crippen molar-refractivity contribution in [2.45, 2.75) is 39.2 Å². The summed E-state index contributed by atoms with van der Waals surface area (Å²) in [5.74, 6) is 0.647. The molecule has 2 aliphatic heterocycles. The molecule has 27 heavy (non-hydrogen) atoms. The van der Waals surface area contributed by atoms with E-state index >= 15 is 0 Å². The number of amides is 3. The fraction of sp³-hybridized carbons (Fsp3) is 0.579. The van der Waals surface area contributed by atoms with Crippen molar-refractivity contribution in [2.24, 2.45) is 5.92 Å². The van der Waals surface area contributed by atoms with E-state index in [1.807, 2.05) is 11.8 Å². The molecule has 148 valence electrons. The summed E-state index contributed by atoms with van der Waals surface area (Å²) in [4.78, 5) is 26.7. The molecule has 2 atom stereocenters. The van der Waals surface area contributed by atoms with E-state index in [0.29, 0.717) is 23.6 Å². The number of carbonyl (C=O) groups is 2. The van der Waals surface area contributed by atoms with E-state index in [9.17, 15) is 18.0 Å². The summed E-state index contributed by atoms with van der Waals surface area (Å²) in [6.07, 6.45) is 2.63. The summed E-state index contributed by atoms with van der Waals surface area (Å²) in [7, 11) is -3.04. The lowest BCUT2D eigenvalue weighted by Crippen LogP contribution is -2.39. The highest BCUT2D eigenvalue weighted by Crippen LogP contribution is 2.21. The average Bonchev–Trinajstić information content (AvgIpc) is 2.94. The number of nitrogens with zero attached hydrogens (tertiary/aromatic N) is 1. The van der Waals surface area contributed by atoms with E-state index in [4.69, 9.17) is 0 Å². The van der Waals surface area contributed by atoms with Crippen molar-refractivity contribution >= 4 is 27.5 Å². The smallest absolute Gasteiger partial charge is 0.319 e. The molecule has 2 unspecified atom stereocenters. The van der Waals surface area contributed by atoms with E-state index in [2.05, 4.69) is 17.6 Å². The van der Waals surface area contributed by atoms with Gasteiger partial charge in [-0.3, -0.25) is 4.79 Å². The van der Waals surface area contributed by atoms with Gasteiger partial charge < -0.3 is 15.5 Å². The third-order valence-electron chi connectivity index (χ3n) is 5.23. The molecule has 0 bridgehead atoms. The summed E-state index contributed by atoms with van der Waals surface area (Å²) in [5.41, 5.74) is 2.02. The standard InChI is InChI=1S/C19H27N3O4S/c1-13-4-3-8-22(11-13)18(23)15-5-6-17(14(2)10-15)21-19(24)20-16-7-9-27(25,26)12-16/h5-6,10,13,16H,3-4,7-9,11-12H2,1-2H3,(H2,20,21,24). The third kappa shape index (κ3) is 5.00. The Labute approximate surface area is 160 Å². The van der Waals surface area contributed by atoms with Crippen molar-refractivity contribution < 1.29 is 18.0 Å². The quantitative estimate of drug-likeness (QED) is 0.823. The van der Waals surface area contributed by atoms with Crippen LogP contribution in [0.3, 0.4) is 0 Å². The number of hydrogen-bond acceptors (Lipinski definition) is 4. The minimum absolute atomic E-state index is 0.0128. The molecule has 1 aromatic carbocycles. The molecular formula is C19H27N3O4S. The lowest BCUT2D eigenvalue weighted by atomic mass is 9.99.